The summed E-state index contributed by atoms with van der Waals surface area (Å²) in [6, 6.07) is 0. The number of hydrogen-bond acceptors (Lipinski definition) is 3. The van der Waals surface area contributed by atoms with E-state index in [1.165, 1.54) is 6.92 Å². The lowest BCUT2D eigenvalue weighted by Gasteiger charge is -2.13. The highest BCUT2D eigenvalue weighted by Crippen LogP contribution is 2.13. The Morgan fingerprint density at radius 2 is 2.07 bits per heavy atom. The number of nitrogens with one attached hydrogen (secondary N) is 1. The second kappa shape index (κ2) is 6.58. The lowest BCUT2D eigenvalue weighted by molar-refractivity contribution is 0.436. The Kier molecular flexibility index (Phi) is 6.19. The fourth-order valence-electron chi connectivity index (χ4n) is 0.841. The third kappa shape index (κ3) is 6.24. The number of aromatic amines is 1. The van der Waals surface area contributed by atoms with Gasteiger partial charge in [-0.15, -0.1) is 0 Å². The van der Waals surface area contributed by atoms with Gasteiger partial charge < -0.3 is 4.98 Å². The molecule has 6 heteroatoms. The molecule has 0 aliphatic carbocycles. The van der Waals surface area contributed by atoms with Crippen molar-refractivity contribution >= 4 is 10.1 Å². The van der Waals surface area contributed by atoms with Crippen molar-refractivity contribution in [1.29, 1.82) is 0 Å². The molecule has 1 heterocycles. The molecule has 0 aliphatic heterocycles. The molecule has 5 nitrogen and oxygen atoms in total. The second-order valence-corrected chi connectivity index (χ2v) is 5.14. The van der Waals surface area contributed by atoms with Crippen molar-refractivity contribution in [3.8, 4) is 0 Å². The van der Waals surface area contributed by atoms with E-state index in [1.54, 1.807) is 25.6 Å². The summed E-state index contributed by atoms with van der Waals surface area (Å²) in [5, 5.41) is -0.641. The Hall–Kier alpha value is -0.880. The Labute approximate surface area is 90.7 Å². The zero-order valence-corrected chi connectivity index (χ0v) is 10.0. The van der Waals surface area contributed by atoms with E-state index in [1.807, 2.05) is 6.92 Å². The third-order valence-electron chi connectivity index (χ3n) is 2.32. The van der Waals surface area contributed by atoms with Crippen molar-refractivity contribution in [2.75, 3.05) is 0 Å². The molecule has 0 radical (unpaired) electrons. The van der Waals surface area contributed by atoms with Gasteiger partial charge in [0, 0.05) is 12.4 Å². The van der Waals surface area contributed by atoms with E-state index in [-0.39, 0.29) is 5.92 Å². The van der Waals surface area contributed by atoms with Crippen molar-refractivity contribution in [2.24, 2.45) is 5.92 Å². The monoisotopic (exact) mass is 234 g/mol. The van der Waals surface area contributed by atoms with Crippen LogP contribution in [0.15, 0.2) is 18.7 Å². The van der Waals surface area contributed by atoms with Gasteiger partial charge in [0.1, 0.15) is 0 Å². The summed E-state index contributed by atoms with van der Waals surface area (Å²) in [4.78, 5) is 6.42. The van der Waals surface area contributed by atoms with Crippen LogP contribution in [0, 0.1) is 5.92 Å². The van der Waals surface area contributed by atoms with E-state index in [0.717, 1.165) is 6.42 Å². The van der Waals surface area contributed by atoms with Crippen molar-refractivity contribution in [2.45, 2.75) is 32.4 Å². The van der Waals surface area contributed by atoms with Crippen LogP contribution in [-0.4, -0.2) is 28.2 Å². The van der Waals surface area contributed by atoms with Crippen LogP contribution in [0.2, 0.25) is 0 Å². The molecular formula is C9H18N2O3S. The first-order chi connectivity index (χ1) is 6.89. The average Bonchev–Trinajstić information content (AvgIpc) is 2.71. The Balaban J connectivity index is 0.000000322. The molecule has 1 aromatic heterocycles. The van der Waals surface area contributed by atoms with Crippen LogP contribution in [0.3, 0.4) is 0 Å². The highest BCUT2D eigenvalue weighted by Gasteiger charge is 2.22. The molecule has 0 aliphatic rings. The first-order valence-corrected chi connectivity index (χ1v) is 6.29. The van der Waals surface area contributed by atoms with Gasteiger partial charge >= 0.3 is 0 Å². The number of nitrogens with zero attached hydrogens (tertiary/aromatic N) is 1. The van der Waals surface area contributed by atoms with E-state index in [2.05, 4.69) is 9.97 Å². The van der Waals surface area contributed by atoms with E-state index < -0.39 is 15.4 Å². The largest absolute Gasteiger partial charge is 0.351 e. The Bertz CT molecular complexity index is 317. The quantitative estimate of drug-likeness (QED) is 0.780. The van der Waals surface area contributed by atoms with Gasteiger partial charge in [0.15, 0.2) is 0 Å². The molecule has 2 N–H and O–H groups in total. The topological polar surface area (TPSA) is 83.0 Å². The van der Waals surface area contributed by atoms with Gasteiger partial charge in [0.25, 0.3) is 10.1 Å². The lowest BCUT2D eigenvalue weighted by Crippen LogP contribution is -2.23. The summed E-state index contributed by atoms with van der Waals surface area (Å²) >= 11 is 0. The SMILES string of the molecule is CCC(C)C(C)S(=O)(=O)O.c1c[nH]cn1. The van der Waals surface area contributed by atoms with E-state index in [4.69, 9.17) is 4.55 Å². The normalized spacial score (nSPS) is 14.9. The molecule has 1 rings (SSSR count). The number of aromatic nitrogens is 2. The molecule has 0 bridgehead atoms. The molecule has 2 unspecified atom stereocenters. The van der Waals surface area contributed by atoms with Crippen molar-refractivity contribution in [1.82, 2.24) is 9.97 Å². The number of H-pyrrole nitrogens is 1. The first kappa shape index (κ1) is 14.1. The average molecular weight is 234 g/mol. The standard InChI is InChI=1S/C6H14O3S.C3H4N2/c1-4-5(2)6(3)10(7,8)9;1-2-5-3-4-1/h5-6H,4H2,1-3H3,(H,7,8,9);1-3H,(H,4,5). The predicted molar refractivity (Wildman–Crippen MR) is 59.1 cm³/mol. The van der Waals surface area contributed by atoms with Crippen LogP contribution >= 0.6 is 0 Å². The summed E-state index contributed by atoms with van der Waals surface area (Å²) in [5.74, 6) is 0.0231. The van der Waals surface area contributed by atoms with Gasteiger partial charge in [-0.2, -0.15) is 8.42 Å². The Morgan fingerprint density at radius 1 is 1.47 bits per heavy atom. The maximum absolute atomic E-state index is 10.5. The predicted octanol–water partition coefficient (Wildman–Crippen LogP) is 1.72. The maximum Gasteiger partial charge on any atom is 0.267 e. The molecule has 2 atom stereocenters. The van der Waals surface area contributed by atoms with Gasteiger partial charge in [-0.3, -0.25) is 4.55 Å². The summed E-state index contributed by atoms with van der Waals surface area (Å²) in [6.45, 7) is 5.22. The third-order valence-corrected chi connectivity index (χ3v) is 3.73. The fourth-order valence-corrected chi connectivity index (χ4v) is 1.62. The highest BCUT2D eigenvalue weighted by molar-refractivity contribution is 7.86. The molecule has 0 amide bonds. The van der Waals surface area contributed by atoms with Crippen LogP contribution < -0.4 is 0 Å². The molecule has 15 heavy (non-hydrogen) atoms. The molecule has 0 aromatic carbocycles. The molecule has 1 aromatic rings. The van der Waals surface area contributed by atoms with E-state index >= 15 is 0 Å². The van der Waals surface area contributed by atoms with Crippen molar-refractivity contribution in [3.05, 3.63) is 18.7 Å². The maximum atomic E-state index is 10.5. The minimum Gasteiger partial charge on any atom is -0.351 e. The van der Waals surface area contributed by atoms with Gasteiger partial charge in [-0.25, -0.2) is 4.98 Å². The zero-order valence-electron chi connectivity index (χ0n) is 9.21. The van der Waals surface area contributed by atoms with Crippen LogP contribution in [0.5, 0.6) is 0 Å². The van der Waals surface area contributed by atoms with Crippen LogP contribution in [-0.2, 0) is 10.1 Å². The molecule has 0 fully saturated rings. The minimum absolute atomic E-state index is 0.0231. The van der Waals surface area contributed by atoms with Crippen molar-refractivity contribution in [3.63, 3.8) is 0 Å². The first-order valence-electron chi connectivity index (χ1n) is 4.78. The molecule has 0 saturated heterocycles. The number of rotatable bonds is 3. The zero-order chi connectivity index (χ0) is 11.9. The fraction of sp³-hybridized carbons (Fsp3) is 0.667. The summed E-state index contributed by atoms with van der Waals surface area (Å²) < 4.78 is 29.5. The second-order valence-electron chi connectivity index (χ2n) is 3.37. The summed E-state index contributed by atoms with van der Waals surface area (Å²) in [5.41, 5.74) is 0. The van der Waals surface area contributed by atoms with Crippen LogP contribution in [0.25, 0.3) is 0 Å². The van der Waals surface area contributed by atoms with E-state index in [0.29, 0.717) is 0 Å². The van der Waals surface area contributed by atoms with Crippen molar-refractivity contribution < 1.29 is 13.0 Å². The van der Waals surface area contributed by atoms with Gasteiger partial charge in [0.05, 0.1) is 11.6 Å². The molecule has 88 valence electrons. The number of imidazole rings is 1. The van der Waals surface area contributed by atoms with Gasteiger partial charge in [0.2, 0.25) is 0 Å². The molecule has 0 saturated carbocycles. The molecule has 0 spiro atoms. The van der Waals surface area contributed by atoms with Gasteiger partial charge in [-0.05, 0) is 12.8 Å². The highest BCUT2D eigenvalue weighted by atomic mass is 32.2. The van der Waals surface area contributed by atoms with E-state index in [9.17, 15) is 8.42 Å². The smallest absolute Gasteiger partial charge is 0.267 e. The van der Waals surface area contributed by atoms with Crippen LogP contribution in [0.4, 0.5) is 0 Å². The Morgan fingerprint density at radius 3 is 2.20 bits per heavy atom. The van der Waals surface area contributed by atoms with Crippen LogP contribution in [0.1, 0.15) is 27.2 Å². The summed E-state index contributed by atoms with van der Waals surface area (Å²) in [6.07, 6.45) is 5.85. The minimum atomic E-state index is -3.81. The molecular weight excluding hydrogens is 216 g/mol. The summed E-state index contributed by atoms with van der Waals surface area (Å²) in [7, 11) is -3.81. The number of hydrogen-bond donors (Lipinski definition) is 2. The lowest BCUT2D eigenvalue weighted by atomic mass is 10.1. The van der Waals surface area contributed by atoms with Gasteiger partial charge in [-0.1, -0.05) is 20.3 Å².